The third-order valence-electron chi connectivity index (χ3n) is 3.37. The molecule has 1 unspecified atom stereocenters. The fourth-order valence-corrected chi connectivity index (χ4v) is 2.18. The monoisotopic (exact) mass is 276 g/mol. The van der Waals surface area contributed by atoms with Crippen LogP contribution in [0.1, 0.15) is 18.1 Å². The Labute approximate surface area is 115 Å². The number of halogens is 2. The second-order valence-electron chi connectivity index (χ2n) is 4.96. The molecule has 0 radical (unpaired) electrons. The molecule has 0 saturated carbocycles. The number of carboxylic acids is 1. The van der Waals surface area contributed by atoms with Crippen molar-refractivity contribution in [3.8, 4) is 0 Å². The van der Waals surface area contributed by atoms with Crippen molar-refractivity contribution in [1.29, 1.82) is 0 Å². The highest BCUT2D eigenvalue weighted by atomic mass is 19.1. The van der Waals surface area contributed by atoms with Gasteiger partial charge in [-0.2, -0.15) is 0 Å². The third kappa shape index (κ3) is 2.85. The van der Waals surface area contributed by atoms with Gasteiger partial charge in [0.2, 0.25) is 0 Å². The number of carbonyl (C=O) groups is 1. The van der Waals surface area contributed by atoms with E-state index in [2.05, 4.69) is 0 Å². The van der Waals surface area contributed by atoms with Crippen molar-refractivity contribution in [1.82, 2.24) is 0 Å². The van der Waals surface area contributed by atoms with Gasteiger partial charge in [0.25, 0.3) is 0 Å². The number of aliphatic carboxylic acids is 1. The SMILES string of the molecule is CC(Cc1ccccc1)(C(=O)O)c1cc(F)cc(F)c1. The molecule has 20 heavy (non-hydrogen) atoms. The first-order chi connectivity index (χ1) is 9.41. The molecule has 1 N–H and O–H groups in total. The largest absolute Gasteiger partial charge is 0.481 e. The summed E-state index contributed by atoms with van der Waals surface area (Å²) >= 11 is 0. The van der Waals surface area contributed by atoms with Crippen LogP contribution in [0.3, 0.4) is 0 Å². The molecule has 0 spiro atoms. The molecule has 0 aliphatic carbocycles. The van der Waals surface area contributed by atoms with Crippen molar-refractivity contribution < 1.29 is 18.7 Å². The Hall–Kier alpha value is -2.23. The van der Waals surface area contributed by atoms with Gasteiger partial charge >= 0.3 is 5.97 Å². The summed E-state index contributed by atoms with van der Waals surface area (Å²) in [6.07, 6.45) is 0.159. The lowest BCUT2D eigenvalue weighted by Crippen LogP contribution is -2.35. The van der Waals surface area contributed by atoms with E-state index in [0.29, 0.717) is 0 Å². The Morgan fingerprint density at radius 3 is 2.15 bits per heavy atom. The van der Waals surface area contributed by atoms with Crippen molar-refractivity contribution in [2.75, 3.05) is 0 Å². The molecule has 0 bridgehead atoms. The molecule has 0 aromatic heterocycles. The molecular formula is C16H14F2O2. The van der Waals surface area contributed by atoms with Crippen molar-refractivity contribution in [3.05, 3.63) is 71.3 Å². The van der Waals surface area contributed by atoms with Crippen molar-refractivity contribution >= 4 is 5.97 Å². The topological polar surface area (TPSA) is 37.3 Å². The number of hydrogen-bond acceptors (Lipinski definition) is 1. The second-order valence-corrected chi connectivity index (χ2v) is 4.96. The summed E-state index contributed by atoms with van der Waals surface area (Å²) < 4.78 is 26.7. The Balaban J connectivity index is 2.46. The fourth-order valence-electron chi connectivity index (χ4n) is 2.18. The van der Waals surface area contributed by atoms with Crippen LogP contribution in [-0.4, -0.2) is 11.1 Å². The van der Waals surface area contributed by atoms with E-state index in [1.807, 2.05) is 6.07 Å². The van der Waals surface area contributed by atoms with E-state index in [4.69, 9.17) is 0 Å². The van der Waals surface area contributed by atoms with E-state index in [0.717, 1.165) is 23.8 Å². The van der Waals surface area contributed by atoms with Crippen LogP contribution in [0.4, 0.5) is 8.78 Å². The minimum Gasteiger partial charge on any atom is -0.481 e. The van der Waals surface area contributed by atoms with E-state index in [1.54, 1.807) is 24.3 Å². The highest BCUT2D eigenvalue weighted by molar-refractivity contribution is 5.81. The van der Waals surface area contributed by atoms with Crippen LogP contribution in [0.2, 0.25) is 0 Å². The minimum atomic E-state index is -1.38. The minimum absolute atomic E-state index is 0.117. The number of carboxylic acid groups (broad SMARTS) is 1. The van der Waals surface area contributed by atoms with Crippen LogP contribution in [0.15, 0.2) is 48.5 Å². The first-order valence-electron chi connectivity index (χ1n) is 6.16. The maximum atomic E-state index is 13.3. The molecule has 2 nitrogen and oxygen atoms in total. The highest BCUT2D eigenvalue weighted by Crippen LogP contribution is 2.30. The predicted octanol–water partition coefficient (Wildman–Crippen LogP) is 3.55. The smallest absolute Gasteiger partial charge is 0.314 e. The molecule has 0 saturated heterocycles. The van der Waals surface area contributed by atoms with Crippen molar-refractivity contribution in [2.45, 2.75) is 18.8 Å². The summed E-state index contributed by atoms with van der Waals surface area (Å²) in [6, 6.07) is 11.9. The zero-order chi connectivity index (χ0) is 14.8. The summed E-state index contributed by atoms with van der Waals surface area (Å²) in [7, 11) is 0. The molecule has 0 aliphatic rings. The lowest BCUT2D eigenvalue weighted by atomic mass is 9.77. The maximum Gasteiger partial charge on any atom is 0.314 e. The average Bonchev–Trinajstić information content (AvgIpc) is 2.38. The van der Waals surface area contributed by atoms with Gasteiger partial charge in [-0.1, -0.05) is 30.3 Å². The Kier molecular flexibility index (Phi) is 3.84. The van der Waals surface area contributed by atoms with Crippen LogP contribution >= 0.6 is 0 Å². The molecule has 2 rings (SSSR count). The molecule has 0 heterocycles. The zero-order valence-corrected chi connectivity index (χ0v) is 10.9. The Morgan fingerprint density at radius 2 is 1.65 bits per heavy atom. The zero-order valence-electron chi connectivity index (χ0n) is 10.9. The van der Waals surface area contributed by atoms with Gasteiger partial charge < -0.3 is 5.11 Å². The normalized spacial score (nSPS) is 13.8. The summed E-state index contributed by atoms with van der Waals surface area (Å²) in [5.41, 5.74) is -0.474. The van der Waals surface area contributed by atoms with Gasteiger partial charge in [0.1, 0.15) is 11.6 Å². The lowest BCUT2D eigenvalue weighted by Gasteiger charge is -2.25. The third-order valence-corrected chi connectivity index (χ3v) is 3.37. The number of benzene rings is 2. The van der Waals surface area contributed by atoms with Gasteiger partial charge in [0.05, 0.1) is 5.41 Å². The summed E-state index contributed by atoms with van der Waals surface area (Å²) in [6.45, 7) is 1.47. The molecule has 0 aliphatic heterocycles. The predicted molar refractivity (Wildman–Crippen MR) is 71.5 cm³/mol. The van der Waals surface area contributed by atoms with Crippen LogP contribution in [0.25, 0.3) is 0 Å². The molecule has 2 aromatic carbocycles. The van der Waals surface area contributed by atoms with Crippen molar-refractivity contribution in [2.24, 2.45) is 0 Å². The standard InChI is InChI=1S/C16H14F2O2/c1-16(15(19)20,10-11-5-3-2-4-6-11)12-7-13(17)9-14(18)8-12/h2-9H,10H2,1H3,(H,19,20). The Bertz CT molecular complexity index is 605. The summed E-state index contributed by atoms with van der Waals surface area (Å²) in [4.78, 5) is 11.6. The van der Waals surface area contributed by atoms with E-state index >= 15 is 0 Å². The van der Waals surface area contributed by atoms with E-state index in [9.17, 15) is 18.7 Å². The molecular weight excluding hydrogens is 262 g/mol. The summed E-state index contributed by atoms with van der Waals surface area (Å²) in [5.74, 6) is -2.67. The van der Waals surface area contributed by atoms with Crippen LogP contribution in [0, 0.1) is 11.6 Å². The molecule has 2 aromatic rings. The van der Waals surface area contributed by atoms with Gasteiger partial charge in [-0.15, -0.1) is 0 Å². The number of hydrogen-bond donors (Lipinski definition) is 1. The molecule has 0 amide bonds. The summed E-state index contributed by atoms with van der Waals surface area (Å²) in [5, 5.41) is 9.48. The highest BCUT2D eigenvalue weighted by Gasteiger charge is 2.36. The van der Waals surface area contributed by atoms with Crippen LogP contribution < -0.4 is 0 Å². The van der Waals surface area contributed by atoms with Gasteiger partial charge in [0.15, 0.2) is 0 Å². The van der Waals surface area contributed by atoms with Gasteiger partial charge in [-0.3, -0.25) is 4.79 Å². The van der Waals surface area contributed by atoms with Gasteiger partial charge in [-0.05, 0) is 36.6 Å². The quantitative estimate of drug-likeness (QED) is 0.927. The molecule has 0 fully saturated rings. The first kappa shape index (κ1) is 14.2. The van der Waals surface area contributed by atoms with Crippen molar-refractivity contribution in [3.63, 3.8) is 0 Å². The molecule has 4 heteroatoms. The molecule has 1 atom stereocenters. The van der Waals surface area contributed by atoms with Gasteiger partial charge in [0, 0.05) is 6.07 Å². The van der Waals surface area contributed by atoms with Gasteiger partial charge in [-0.25, -0.2) is 8.78 Å². The fraction of sp³-hybridized carbons (Fsp3) is 0.188. The second kappa shape index (κ2) is 5.41. The lowest BCUT2D eigenvalue weighted by molar-refractivity contribution is -0.143. The average molecular weight is 276 g/mol. The first-order valence-corrected chi connectivity index (χ1v) is 6.16. The van der Waals surface area contributed by atoms with Crippen LogP contribution in [-0.2, 0) is 16.6 Å². The maximum absolute atomic E-state index is 13.3. The Morgan fingerprint density at radius 1 is 1.10 bits per heavy atom. The van der Waals surface area contributed by atoms with E-state index in [1.165, 1.54) is 6.92 Å². The molecule has 104 valence electrons. The van der Waals surface area contributed by atoms with Crippen LogP contribution in [0.5, 0.6) is 0 Å². The van der Waals surface area contributed by atoms with E-state index < -0.39 is 23.0 Å². The number of rotatable bonds is 4. The van der Waals surface area contributed by atoms with E-state index in [-0.39, 0.29) is 12.0 Å².